The largest absolute Gasteiger partial charge is 0.480 e. The minimum Gasteiger partial charge on any atom is -0.480 e. The average Bonchev–Trinajstić information content (AvgIpc) is 2.22. The number of urea groups is 1. The molecular formula is C10H18N2O5. The zero-order chi connectivity index (χ0) is 12.8. The molecule has 0 aromatic heterocycles. The van der Waals surface area contributed by atoms with Crippen molar-refractivity contribution in [1.82, 2.24) is 10.2 Å². The Labute approximate surface area is 99.0 Å². The molecule has 1 aliphatic rings. The fourth-order valence-electron chi connectivity index (χ4n) is 1.67. The number of aliphatic hydroxyl groups is 2. The molecule has 0 radical (unpaired) electrons. The van der Waals surface area contributed by atoms with E-state index in [2.05, 4.69) is 5.32 Å². The molecule has 4 N–H and O–H groups in total. The van der Waals surface area contributed by atoms with E-state index in [0.29, 0.717) is 0 Å². The van der Waals surface area contributed by atoms with Gasteiger partial charge >= 0.3 is 12.0 Å². The Morgan fingerprint density at radius 1 is 1.35 bits per heavy atom. The maximum atomic E-state index is 11.8. The summed E-state index contributed by atoms with van der Waals surface area (Å²) < 4.78 is 0. The van der Waals surface area contributed by atoms with E-state index in [-0.39, 0.29) is 19.2 Å². The molecule has 17 heavy (non-hydrogen) atoms. The van der Waals surface area contributed by atoms with Crippen molar-refractivity contribution in [3.05, 3.63) is 0 Å². The molecule has 98 valence electrons. The van der Waals surface area contributed by atoms with Gasteiger partial charge in [-0.05, 0) is 19.3 Å². The van der Waals surface area contributed by atoms with Crippen molar-refractivity contribution in [2.45, 2.75) is 31.3 Å². The molecule has 1 aliphatic carbocycles. The predicted octanol–water partition coefficient (Wildman–Crippen LogP) is -1.01. The monoisotopic (exact) mass is 246 g/mol. The Bertz CT molecular complexity index is 280. The highest BCUT2D eigenvalue weighted by atomic mass is 16.4. The van der Waals surface area contributed by atoms with E-state index in [0.717, 1.165) is 19.3 Å². The smallest absolute Gasteiger partial charge is 0.328 e. The van der Waals surface area contributed by atoms with Crippen molar-refractivity contribution in [2.75, 3.05) is 19.8 Å². The molecule has 0 aromatic carbocycles. The van der Waals surface area contributed by atoms with Gasteiger partial charge in [-0.1, -0.05) is 0 Å². The molecule has 1 atom stereocenters. The molecule has 0 saturated heterocycles. The van der Waals surface area contributed by atoms with Crippen LogP contribution in [-0.2, 0) is 4.79 Å². The van der Waals surface area contributed by atoms with Gasteiger partial charge in [-0.2, -0.15) is 0 Å². The molecule has 1 saturated carbocycles. The van der Waals surface area contributed by atoms with Crippen molar-refractivity contribution in [1.29, 1.82) is 0 Å². The molecule has 1 rings (SSSR count). The number of rotatable bonds is 6. The number of carbonyl (C=O) groups excluding carboxylic acids is 1. The second-order valence-corrected chi connectivity index (χ2v) is 4.02. The zero-order valence-electron chi connectivity index (χ0n) is 9.50. The first-order valence-electron chi connectivity index (χ1n) is 5.61. The molecule has 1 fully saturated rings. The van der Waals surface area contributed by atoms with Crippen LogP contribution in [0.25, 0.3) is 0 Å². The molecule has 0 aromatic rings. The summed E-state index contributed by atoms with van der Waals surface area (Å²) in [6.07, 6.45) is 2.76. The topological polar surface area (TPSA) is 110 Å². The van der Waals surface area contributed by atoms with Crippen molar-refractivity contribution in [3.8, 4) is 0 Å². The van der Waals surface area contributed by atoms with Crippen LogP contribution in [0.1, 0.15) is 19.3 Å². The van der Waals surface area contributed by atoms with Gasteiger partial charge in [0.05, 0.1) is 13.2 Å². The number of aliphatic carboxylic acids is 1. The molecule has 0 bridgehead atoms. The Hall–Kier alpha value is -1.34. The molecule has 7 nitrogen and oxygen atoms in total. The third-order valence-corrected chi connectivity index (χ3v) is 2.90. The van der Waals surface area contributed by atoms with E-state index in [1.807, 2.05) is 0 Å². The Morgan fingerprint density at radius 3 is 2.35 bits per heavy atom. The first-order valence-corrected chi connectivity index (χ1v) is 5.61. The minimum absolute atomic E-state index is 0.0651. The number of nitrogens with zero attached hydrogens (tertiary/aromatic N) is 1. The first-order chi connectivity index (χ1) is 8.10. The number of amides is 2. The van der Waals surface area contributed by atoms with Gasteiger partial charge in [-0.25, -0.2) is 9.59 Å². The number of aliphatic hydroxyl groups excluding tert-OH is 2. The molecule has 0 aliphatic heterocycles. The van der Waals surface area contributed by atoms with Crippen LogP contribution in [0.15, 0.2) is 0 Å². The van der Waals surface area contributed by atoms with Crippen LogP contribution in [0.3, 0.4) is 0 Å². The van der Waals surface area contributed by atoms with Crippen LogP contribution < -0.4 is 5.32 Å². The summed E-state index contributed by atoms with van der Waals surface area (Å²) in [6.45, 7) is -0.645. The van der Waals surface area contributed by atoms with E-state index in [1.165, 1.54) is 4.90 Å². The van der Waals surface area contributed by atoms with E-state index >= 15 is 0 Å². The van der Waals surface area contributed by atoms with Crippen molar-refractivity contribution in [3.63, 3.8) is 0 Å². The van der Waals surface area contributed by atoms with Gasteiger partial charge < -0.3 is 25.5 Å². The number of hydrogen-bond acceptors (Lipinski definition) is 4. The third-order valence-electron chi connectivity index (χ3n) is 2.90. The molecule has 7 heteroatoms. The highest BCUT2D eigenvalue weighted by Crippen LogP contribution is 2.24. The summed E-state index contributed by atoms with van der Waals surface area (Å²) in [5, 5.41) is 28.6. The fourth-order valence-corrected chi connectivity index (χ4v) is 1.67. The van der Waals surface area contributed by atoms with Crippen LogP contribution in [0, 0.1) is 0 Å². The van der Waals surface area contributed by atoms with E-state index in [4.69, 9.17) is 15.3 Å². The van der Waals surface area contributed by atoms with Crippen LogP contribution in [0.2, 0.25) is 0 Å². The lowest BCUT2D eigenvalue weighted by Gasteiger charge is -2.37. The molecule has 0 spiro atoms. The Morgan fingerprint density at radius 2 is 2.00 bits per heavy atom. The summed E-state index contributed by atoms with van der Waals surface area (Å²) >= 11 is 0. The normalized spacial score (nSPS) is 17.1. The Balaban J connectivity index is 2.54. The lowest BCUT2D eigenvalue weighted by molar-refractivity contribution is -0.140. The number of carboxylic acid groups (broad SMARTS) is 1. The van der Waals surface area contributed by atoms with Gasteiger partial charge in [0.1, 0.15) is 0 Å². The minimum atomic E-state index is -1.30. The quantitative estimate of drug-likeness (QED) is 0.480. The Kier molecular flexibility index (Phi) is 5.17. The molecule has 0 unspecified atom stereocenters. The van der Waals surface area contributed by atoms with Gasteiger partial charge in [0.15, 0.2) is 6.04 Å². The summed E-state index contributed by atoms with van der Waals surface area (Å²) in [4.78, 5) is 23.9. The van der Waals surface area contributed by atoms with E-state index < -0.39 is 24.6 Å². The predicted molar refractivity (Wildman–Crippen MR) is 58.5 cm³/mol. The average molecular weight is 246 g/mol. The van der Waals surface area contributed by atoms with Crippen LogP contribution in [0.4, 0.5) is 4.79 Å². The second kappa shape index (κ2) is 6.41. The number of hydrogen-bond donors (Lipinski definition) is 4. The van der Waals surface area contributed by atoms with E-state index in [9.17, 15) is 9.59 Å². The third kappa shape index (κ3) is 3.57. The van der Waals surface area contributed by atoms with Crippen LogP contribution in [-0.4, -0.2) is 64.1 Å². The lowest BCUT2D eigenvalue weighted by atomic mass is 9.91. The zero-order valence-corrected chi connectivity index (χ0v) is 9.50. The number of nitrogens with one attached hydrogen (secondary N) is 1. The maximum Gasteiger partial charge on any atom is 0.328 e. The second-order valence-electron chi connectivity index (χ2n) is 4.02. The standard InChI is InChI=1S/C10H18N2O5/c13-5-4-12(7-2-1-3-7)10(17)11-8(6-14)9(15)16/h7-8,13-14H,1-6H2,(H,11,17)(H,15,16)/t8-/m1/s1. The van der Waals surface area contributed by atoms with Gasteiger partial charge in [0, 0.05) is 12.6 Å². The molecule has 2 amide bonds. The van der Waals surface area contributed by atoms with Crippen molar-refractivity contribution < 1.29 is 24.9 Å². The number of carbonyl (C=O) groups is 2. The first kappa shape index (κ1) is 13.7. The van der Waals surface area contributed by atoms with Gasteiger partial charge in [0.2, 0.25) is 0 Å². The van der Waals surface area contributed by atoms with Gasteiger partial charge in [0.25, 0.3) is 0 Å². The summed E-state index contributed by atoms with van der Waals surface area (Å²) in [7, 11) is 0. The van der Waals surface area contributed by atoms with Crippen LogP contribution >= 0.6 is 0 Å². The van der Waals surface area contributed by atoms with Crippen molar-refractivity contribution >= 4 is 12.0 Å². The molecule has 0 heterocycles. The fraction of sp³-hybridized carbons (Fsp3) is 0.800. The maximum absolute atomic E-state index is 11.8. The van der Waals surface area contributed by atoms with Crippen LogP contribution in [0.5, 0.6) is 0 Å². The number of carboxylic acids is 1. The highest BCUT2D eigenvalue weighted by Gasteiger charge is 2.30. The lowest BCUT2D eigenvalue weighted by Crippen LogP contribution is -2.54. The van der Waals surface area contributed by atoms with Gasteiger partial charge in [-0.15, -0.1) is 0 Å². The van der Waals surface area contributed by atoms with Crippen molar-refractivity contribution in [2.24, 2.45) is 0 Å². The SMILES string of the molecule is O=C(O)[C@@H](CO)NC(=O)N(CCO)C1CCC1. The van der Waals surface area contributed by atoms with Gasteiger partial charge in [-0.3, -0.25) is 0 Å². The summed E-state index contributed by atoms with van der Waals surface area (Å²) in [5.74, 6) is -1.28. The molecular weight excluding hydrogens is 228 g/mol. The van der Waals surface area contributed by atoms with E-state index in [1.54, 1.807) is 0 Å². The summed E-state index contributed by atoms with van der Waals surface area (Å²) in [5.41, 5.74) is 0. The summed E-state index contributed by atoms with van der Waals surface area (Å²) in [6, 6.07) is -1.79. The highest BCUT2D eigenvalue weighted by molar-refractivity contribution is 5.82.